The zero-order valence-electron chi connectivity index (χ0n) is 46.3. The second-order valence-electron chi connectivity index (χ2n) is 24.7. The zero-order chi connectivity index (χ0) is 55.2. The van der Waals surface area contributed by atoms with Gasteiger partial charge in [0.1, 0.15) is 32.1 Å². The lowest BCUT2D eigenvalue weighted by Crippen LogP contribution is -2.25. The first-order valence-corrected chi connectivity index (χ1v) is 30.6. The van der Waals surface area contributed by atoms with Crippen molar-refractivity contribution in [2.24, 2.45) is 10.8 Å². The fraction of sp³-hybridized carbons (Fsp3) is 0.235. The molecule has 0 unspecified atom stereocenters. The van der Waals surface area contributed by atoms with E-state index in [0.717, 1.165) is 88.6 Å². The minimum atomic E-state index is -4.58. The largest absolute Gasteiger partial charge is 0.453 e. The van der Waals surface area contributed by atoms with Crippen LogP contribution in [0.15, 0.2) is 209 Å². The molecule has 0 N–H and O–H groups in total. The first kappa shape index (κ1) is 52.3. The van der Waals surface area contributed by atoms with Gasteiger partial charge in [0.2, 0.25) is 9.84 Å². The predicted molar refractivity (Wildman–Crippen MR) is 327 cm³/mol. The van der Waals surface area contributed by atoms with Crippen molar-refractivity contribution >= 4 is 113 Å². The highest BCUT2D eigenvalue weighted by Crippen LogP contribution is 2.50. The Kier molecular flexibility index (Phi) is 12.9. The van der Waals surface area contributed by atoms with E-state index in [1.54, 1.807) is 24.3 Å². The van der Waals surface area contributed by atoms with Crippen LogP contribution in [0.4, 0.5) is 0 Å². The van der Waals surface area contributed by atoms with Crippen LogP contribution in [0.25, 0.3) is 87.0 Å². The van der Waals surface area contributed by atoms with Gasteiger partial charge in [-0.05, 0) is 137 Å². The summed E-state index contributed by atoms with van der Waals surface area (Å²) in [7, 11) is -9.23. The molecule has 0 aliphatic rings. The van der Waals surface area contributed by atoms with E-state index >= 15 is 8.42 Å². The van der Waals surface area contributed by atoms with Gasteiger partial charge in [-0.1, -0.05) is 203 Å². The van der Waals surface area contributed by atoms with E-state index in [2.05, 4.69) is 118 Å². The van der Waals surface area contributed by atoms with Crippen molar-refractivity contribution < 1.29 is 34.3 Å². The van der Waals surface area contributed by atoms with Crippen molar-refractivity contribution in [1.29, 1.82) is 0 Å². The van der Waals surface area contributed by atoms with Gasteiger partial charge in [0.15, 0.2) is 11.5 Å². The summed E-state index contributed by atoms with van der Waals surface area (Å²) in [6.07, 6.45) is 1.54. The van der Waals surface area contributed by atoms with Gasteiger partial charge in [-0.2, -0.15) is 0 Å². The van der Waals surface area contributed by atoms with Crippen LogP contribution < -0.4 is 9.05 Å². The summed E-state index contributed by atoms with van der Waals surface area (Å²) in [5, 5.41) is 11.6. The van der Waals surface area contributed by atoms with Crippen molar-refractivity contribution in [3.63, 3.8) is 0 Å². The molecule has 12 rings (SSSR count). The molecule has 400 valence electrons. The molecule has 0 radical (unpaired) electrons. The van der Waals surface area contributed by atoms with E-state index in [4.69, 9.17) is 25.8 Å². The first-order valence-electron chi connectivity index (χ1n) is 26.9. The Labute approximate surface area is 463 Å². The highest BCUT2D eigenvalue weighted by molar-refractivity contribution is 7.91. The Morgan fingerprint density at radius 1 is 0.367 bits per heavy atom. The van der Waals surface area contributed by atoms with Crippen molar-refractivity contribution in [3.8, 4) is 11.5 Å². The lowest BCUT2D eigenvalue weighted by atomic mass is 9.72. The number of benzene rings is 10. The van der Waals surface area contributed by atoms with E-state index < -0.39 is 37.1 Å². The highest BCUT2D eigenvalue weighted by Gasteiger charge is 2.36. The molecule has 2 aromatic heterocycles. The number of fused-ring (bicyclic) bond motifs is 14. The highest BCUT2D eigenvalue weighted by atomic mass is 32.2. The third-order valence-corrected chi connectivity index (χ3v) is 18.9. The summed E-state index contributed by atoms with van der Waals surface area (Å²) in [5.74, 6) is 0.153. The monoisotopic (exact) mass is 1100 g/mol. The molecule has 0 atom stereocenters. The van der Waals surface area contributed by atoms with Crippen molar-refractivity contribution in [3.05, 3.63) is 193 Å². The van der Waals surface area contributed by atoms with E-state index in [1.165, 1.54) is 0 Å². The third kappa shape index (κ3) is 9.96. The molecular weight excluding hydrogens is 1040 g/mol. The number of sulfone groups is 1. The molecule has 0 saturated carbocycles. The van der Waals surface area contributed by atoms with Crippen molar-refractivity contribution in [1.82, 2.24) is 0 Å². The molecular formula is C68H64O8P2S. The molecule has 8 nitrogen and oxygen atoms in total. The minimum Gasteiger partial charge on any atom is -0.390 e. The fourth-order valence-corrected chi connectivity index (χ4v) is 16.1. The van der Waals surface area contributed by atoms with Gasteiger partial charge in [0.05, 0.1) is 0 Å². The van der Waals surface area contributed by atoms with Gasteiger partial charge in [-0.25, -0.2) is 8.42 Å². The second kappa shape index (κ2) is 19.4. The average molecular weight is 1100 g/mol. The van der Waals surface area contributed by atoms with Crippen LogP contribution in [0.3, 0.4) is 0 Å². The minimum absolute atomic E-state index is 0.0526. The van der Waals surface area contributed by atoms with E-state index in [1.807, 2.05) is 109 Å². The fourth-order valence-electron chi connectivity index (χ4n) is 12.3. The van der Waals surface area contributed by atoms with E-state index in [9.17, 15) is 0 Å². The molecule has 12 aromatic rings. The maximum absolute atomic E-state index is 16.5. The van der Waals surface area contributed by atoms with Crippen LogP contribution in [0.1, 0.15) is 93.2 Å². The van der Waals surface area contributed by atoms with Gasteiger partial charge < -0.3 is 25.8 Å². The van der Waals surface area contributed by atoms with E-state index in [-0.39, 0.29) is 32.1 Å². The Hall–Kier alpha value is -7.41. The molecule has 0 saturated heterocycles. The van der Waals surface area contributed by atoms with Crippen LogP contribution in [0.5, 0.6) is 11.5 Å². The normalized spacial score (nSPS) is 12.9. The molecule has 0 aliphatic carbocycles. The molecule has 2 heterocycles. The SMILES string of the molecule is CC(C)(C)CC(C)(C)c1ccc(Op2oc3ccc4ccccc4c3c3c(ccc4ccccc43)o2)c(S(=O)(=O)c2cc(C(C)(C)CC(C)(C)C)ccc2Op2oc3ccc4ccccc4c3c3c(ccc4ccccc43)o2)c1. The summed E-state index contributed by atoms with van der Waals surface area (Å²) in [5.41, 5.74) is 2.83. The average Bonchev–Trinajstić information content (AvgIpc) is 3.92. The van der Waals surface area contributed by atoms with Crippen LogP contribution in [-0.4, -0.2) is 8.42 Å². The molecule has 0 fully saturated rings. The summed E-state index contributed by atoms with van der Waals surface area (Å²) >= 11 is 0. The molecule has 11 heteroatoms. The van der Waals surface area contributed by atoms with Gasteiger partial charge in [0, 0.05) is 21.5 Å². The second-order valence-corrected chi connectivity index (χ2v) is 28.6. The molecule has 0 aliphatic heterocycles. The summed E-state index contributed by atoms with van der Waals surface area (Å²) in [6.45, 7) is 21.8. The summed E-state index contributed by atoms with van der Waals surface area (Å²) in [6, 6.07) is 59.7. The Bertz CT molecular complexity index is 4130. The first-order chi connectivity index (χ1) is 37.6. The maximum Gasteiger partial charge on any atom is 0.453 e. The number of hydrogen-bond donors (Lipinski definition) is 0. The van der Waals surface area contributed by atoms with Crippen LogP contribution >= 0.6 is 16.5 Å². The van der Waals surface area contributed by atoms with Crippen molar-refractivity contribution in [2.45, 2.75) is 103 Å². The molecule has 0 amide bonds. The van der Waals surface area contributed by atoms with Crippen LogP contribution in [-0.2, 0) is 20.7 Å². The zero-order valence-corrected chi connectivity index (χ0v) is 48.9. The smallest absolute Gasteiger partial charge is 0.390 e. The number of hydrogen-bond acceptors (Lipinski definition) is 8. The van der Waals surface area contributed by atoms with Gasteiger partial charge in [0.25, 0.3) is 0 Å². The molecule has 0 spiro atoms. The molecule has 0 bridgehead atoms. The van der Waals surface area contributed by atoms with Crippen LogP contribution in [0.2, 0.25) is 0 Å². The predicted octanol–water partition coefficient (Wildman–Crippen LogP) is 21.5. The molecule has 79 heavy (non-hydrogen) atoms. The topological polar surface area (TPSA) is 105 Å². The summed E-state index contributed by atoms with van der Waals surface area (Å²) < 4.78 is 74.4. The number of rotatable bonds is 10. The Morgan fingerprint density at radius 2 is 0.646 bits per heavy atom. The van der Waals surface area contributed by atoms with Crippen molar-refractivity contribution in [2.75, 3.05) is 0 Å². The Morgan fingerprint density at radius 3 is 0.924 bits per heavy atom. The summed E-state index contributed by atoms with van der Waals surface area (Å²) in [4.78, 5) is -0.105. The third-order valence-electron chi connectivity index (χ3n) is 15.1. The quantitative estimate of drug-likeness (QED) is 0.133. The van der Waals surface area contributed by atoms with E-state index in [0.29, 0.717) is 22.3 Å². The van der Waals surface area contributed by atoms with Crippen LogP contribution in [0, 0.1) is 10.8 Å². The van der Waals surface area contributed by atoms with Gasteiger partial charge in [-0.3, -0.25) is 0 Å². The maximum atomic E-state index is 16.5. The van der Waals surface area contributed by atoms with Gasteiger partial charge >= 0.3 is 16.5 Å². The molecule has 10 aromatic carbocycles. The Balaban J connectivity index is 1.09. The lowest BCUT2D eigenvalue weighted by molar-refractivity contribution is 0.283. The lowest BCUT2D eigenvalue weighted by Gasteiger charge is -2.33. The van der Waals surface area contributed by atoms with Gasteiger partial charge in [-0.15, -0.1) is 0 Å². The standard InChI is InChI=1S/C68H64O8P2S/c1-65(2,3)41-67(7,8)47-31-37-53(71-77-73-55-33-27-43-19-11-15-23-49(43)61(55)62-50-24-16-12-20-44(50)28-34-56(62)74-77)59(39-47)79(69,70)60-40-48(68(9,10)42-66(4,5)6)32-38-54(60)72-78-75-57-35-29-45-21-13-17-25-51(45)63(57)64-52-26-18-14-22-46(52)30-36-58(64)76-78/h11-40H,41-42H2,1-10H3.